The van der Waals surface area contributed by atoms with Gasteiger partial charge in [-0.2, -0.15) is 5.26 Å². The Bertz CT molecular complexity index is 874. The molecule has 1 aromatic heterocycles. The molecule has 0 saturated carbocycles. The molecule has 0 radical (unpaired) electrons. The molecule has 0 spiro atoms. The Morgan fingerprint density at radius 1 is 1.00 bits per heavy atom. The molecule has 0 aliphatic heterocycles. The van der Waals surface area contributed by atoms with Crippen molar-refractivity contribution in [3.05, 3.63) is 35.5 Å². The van der Waals surface area contributed by atoms with Crippen molar-refractivity contribution in [2.24, 2.45) is 0 Å². The molecule has 132 valence electrons. The van der Waals surface area contributed by atoms with Crippen LogP contribution in [-0.2, 0) is 9.47 Å². The lowest BCUT2D eigenvalue weighted by molar-refractivity contribution is 0.00497. The van der Waals surface area contributed by atoms with Gasteiger partial charge in [-0.05, 0) is 47.6 Å². The van der Waals surface area contributed by atoms with Crippen molar-refractivity contribution in [1.82, 2.24) is 4.57 Å². The van der Waals surface area contributed by atoms with E-state index in [4.69, 9.17) is 9.47 Å². The maximum absolute atomic E-state index is 12.7. The molecule has 0 unspecified atom stereocenters. The molecule has 0 N–H and O–H groups in total. The van der Waals surface area contributed by atoms with Crippen LogP contribution in [0.2, 0.25) is 0 Å². The highest BCUT2D eigenvalue weighted by Crippen LogP contribution is 2.28. The minimum atomic E-state index is -0.765. The predicted octanol–water partition coefficient (Wildman–Crippen LogP) is 4.25. The van der Waals surface area contributed by atoms with Crippen LogP contribution in [0.4, 0.5) is 4.79 Å². The van der Waals surface area contributed by atoms with Gasteiger partial charge in [0.15, 0.2) is 5.69 Å². The van der Waals surface area contributed by atoms with Crippen molar-refractivity contribution >= 4 is 23.0 Å². The first-order valence-corrected chi connectivity index (χ1v) is 7.95. The van der Waals surface area contributed by atoms with Crippen LogP contribution in [0.25, 0.3) is 10.9 Å². The van der Waals surface area contributed by atoms with Gasteiger partial charge in [-0.3, -0.25) is 0 Å². The first kappa shape index (κ1) is 18.5. The molecule has 2 aromatic rings. The zero-order chi connectivity index (χ0) is 19.0. The lowest BCUT2D eigenvalue weighted by Gasteiger charge is -2.22. The fraction of sp³-hybridized carbons (Fsp3) is 0.421. The number of para-hydroxylation sites is 1. The third kappa shape index (κ3) is 4.00. The number of esters is 1. The zero-order valence-electron chi connectivity index (χ0n) is 15.3. The molecule has 0 aliphatic carbocycles. The van der Waals surface area contributed by atoms with Gasteiger partial charge < -0.3 is 9.47 Å². The highest BCUT2D eigenvalue weighted by atomic mass is 16.6. The molecule has 1 aromatic carbocycles. The average Bonchev–Trinajstić information content (AvgIpc) is 2.78. The van der Waals surface area contributed by atoms with Gasteiger partial charge in [-0.15, -0.1) is 0 Å². The summed E-state index contributed by atoms with van der Waals surface area (Å²) in [5.74, 6) is -0.744. The predicted molar refractivity (Wildman–Crippen MR) is 93.5 cm³/mol. The van der Waals surface area contributed by atoms with E-state index in [1.54, 1.807) is 65.8 Å². The number of ether oxygens (including phenoxy) is 2. The van der Waals surface area contributed by atoms with E-state index in [2.05, 4.69) is 0 Å². The number of carbonyl (C=O) groups is 2. The van der Waals surface area contributed by atoms with Gasteiger partial charge in [0.05, 0.1) is 11.1 Å². The first-order chi connectivity index (χ1) is 11.4. The standard InChI is InChI=1S/C19H22N2O4/c1-18(2,3)24-16(22)15-13(11-20)12-9-7-8-10-14(12)21(15)17(23)25-19(4,5)6/h7-10H,1-6H3. The monoisotopic (exact) mass is 342 g/mol. The summed E-state index contributed by atoms with van der Waals surface area (Å²) >= 11 is 0. The lowest BCUT2D eigenvalue weighted by Crippen LogP contribution is -2.31. The lowest BCUT2D eigenvalue weighted by atomic mass is 10.1. The summed E-state index contributed by atoms with van der Waals surface area (Å²) in [5, 5.41) is 10.1. The molecule has 0 aliphatic rings. The topological polar surface area (TPSA) is 81.3 Å². The number of fused-ring (bicyclic) bond motifs is 1. The first-order valence-electron chi connectivity index (χ1n) is 7.95. The number of nitriles is 1. The van der Waals surface area contributed by atoms with Crippen LogP contribution in [0.3, 0.4) is 0 Å². The number of rotatable bonds is 1. The van der Waals surface area contributed by atoms with Crippen molar-refractivity contribution in [2.75, 3.05) is 0 Å². The summed E-state index contributed by atoms with van der Waals surface area (Å²) < 4.78 is 11.9. The van der Waals surface area contributed by atoms with Gasteiger partial charge in [0.1, 0.15) is 17.3 Å². The second kappa shape index (κ2) is 6.25. The van der Waals surface area contributed by atoms with Gasteiger partial charge in [0.25, 0.3) is 0 Å². The number of carbonyl (C=O) groups excluding carboxylic acids is 2. The molecule has 0 saturated heterocycles. The van der Waals surface area contributed by atoms with Crippen LogP contribution >= 0.6 is 0 Å². The molecular weight excluding hydrogens is 320 g/mol. The second-order valence-electron chi connectivity index (χ2n) is 7.67. The maximum Gasteiger partial charge on any atom is 0.419 e. The number of nitrogens with zero attached hydrogens (tertiary/aromatic N) is 2. The summed E-state index contributed by atoms with van der Waals surface area (Å²) in [4.78, 5) is 25.4. The van der Waals surface area contributed by atoms with Gasteiger partial charge in [-0.25, -0.2) is 14.2 Å². The molecule has 6 heteroatoms. The normalized spacial score (nSPS) is 11.9. The van der Waals surface area contributed by atoms with Crippen molar-refractivity contribution in [3.8, 4) is 6.07 Å². The number of hydrogen-bond acceptors (Lipinski definition) is 5. The minimum absolute atomic E-state index is 0.0932. The summed E-state index contributed by atoms with van der Waals surface area (Å²) in [5.41, 5.74) is -1.11. The SMILES string of the molecule is CC(C)(C)OC(=O)c1c(C#N)c2ccccc2n1C(=O)OC(C)(C)C. The highest BCUT2D eigenvalue weighted by Gasteiger charge is 2.32. The number of aromatic nitrogens is 1. The zero-order valence-corrected chi connectivity index (χ0v) is 15.3. The summed E-state index contributed by atoms with van der Waals surface area (Å²) in [6, 6.07) is 8.82. The molecule has 2 rings (SSSR count). The molecule has 0 fully saturated rings. The van der Waals surface area contributed by atoms with Crippen LogP contribution in [0.1, 0.15) is 57.6 Å². The molecule has 6 nitrogen and oxygen atoms in total. The van der Waals surface area contributed by atoms with Crippen molar-refractivity contribution in [3.63, 3.8) is 0 Å². The van der Waals surface area contributed by atoms with Gasteiger partial charge >= 0.3 is 12.1 Å². The van der Waals surface area contributed by atoms with Crippen molar-refractivity contribution in [1.29, 1.82) is 5.26 Å². The molecule has 1 heterocycles. The van der Waals surface area contributed by atoms with Crippen LogP contribution in [0.5, 0.6) is 0 Å². The summed E-state index contributed by atoms with van der Waals surface area (Å²) in [6.07, 6.45) is -0.731. The van der Waals surface area contributed by atoms with E-state index < -0.39 is 23.3 Å². The quantitative estimate of drug-likeness (QED) is 0.724. The maximum atomic E-state index is 12.7. The van der Waals surface area contributed by atoms with Crippen LogP contribution in [-0.4, -0.2) is 27.8 Å². The highest BCUT2D eigenvalue weighted by molar-refractivity contribution is 6.06. The van der Waals surface area contributed by atoms with Crippen LogP contribution < -0.4 is 0 Å². The van der Waals surface area contributed by atoms with Crippen molar-refractivity contribution < 1.29 is 19.1 Å². The molecule has 0 bridgehead atoms. The Hall–Kier alpha value is -2.81. The number of benzene rings is 1. The summed E-state index contributed by atoms with van der Waals surface area (Å²) in [6.45, 7) is 10.4. The van der Waals surface area contributed by atoms with E-state index in [1.807, 2.05) is 6.07 Å². The third-order valence-corrected chi connectivity index (χ3v) is 3.15. The Kier molecular flexibility index (Phi) is 4.63. The Morgan fingerprint density at radius 2 is 1.56 bits per heavy atom. The van der Waals surface area contributed by atoms with E-state index in [9.17, 15) is 14.9 Å². The van der Waals surface area contributed by atoms with Gasteiger partial charge in [-0.1, -0.05) is 18.2 Å². The Balaban J connectivity index is 2.74. The number of hydrogen-bond donors (Lipinski definition) is 0. The van der Waals surface area contributed by atoms with Crippen molar-refractivity contribution in [2.45, 2.75) is 52.7 Å². The van der Waals surface area contributed by atoms with E-state index >= 15 is 0 Å². The molecular formula is C19H22N2O4. The van der Waals surface area contributed by atoms with E-state index in [-0.39, 0.29) is 11.3 Å². The van der Waals surface area contributed by atoms with E-state index in [0.717, 1.165) is 4.57 Å². The summed E-state index contributed by atoms with van der Waals surface area (Å²) in [7, 11) is 0. The average molecular weight is 342 g/mol. The minimum Gasteiger partial charge on any atom is -0.455 e. The Morgan fingerprint density at radius 3 is 2.08 bits per heavy atom. The fourth-order valence-corrected chi connectivity index (χ4v) is 2.37. The van der Waals surface area contributed by atoms with Gasteiger partial charge in [0, 0.05) is 5.39 Å². The largest absolute Gasteiger partial charge is 0.455 e. The molecule has 25 heavy (non-hydrogen) atoms. The smallest absolute Gasteiger partial charge is 0.419 e. The fourth-order valence-electron chi connectivity index (χ4n) is 2.37. The van der Waals surface area contributed by atoms with Crippen LogP contribution in [0, 0.1) is 11.3 Å². The van der Waals surface area contributed by atoms with E-state index in [0.29, 0.717) is 10.9 Å². The second-order valence-corrected chi connectivity index (χ2v) is 7.67. The van der Waals surface area contributed by atoms with Gasteiger partial charge in [0.2, 0.25) is 0 Å². The molecule has 0 atom stereocenters. The Labute approximate surface area is 146 Å². The third-order valence-electron chi connectivity index (χ3n) is 3.15. The van der Waals surface area contributed by atoms with Crippen LogP contribution in [0.15, 0.2) is 24.3 Å². The van der Waals surface area contributed by atoms with E-state index in [1.165, 1.54) is 0 Å². The molecule has 0 amide bonds.